The quantitative estimate of drug-likeness (QED) is 0.454. The smallest absolute Gasteiger partial charge is 0.0952 e. The average molecular weight is 255 g/mol. The molecular formula is C6H10INO2. The predicted molar refractivity (Wildman–Crippen MR) is 45.3 cm³/mol. The van der Waals surface area contributed by atoms with E-state index < -0.39 is 0 Å². The zero-order valence-corrected chi connectivity index (χ0v) is 7.61. The van der Waals surface area contributed by atoms with Crippen LogP contribution in [0, 0.1) is 0 Å². The van der Waals surface area contributed by atoms with Gasteiger partial charge >= 0.3 is 0 Å². The highest BCUT2D eigenvalue weighted by Crippen LogP contribution is 2.26. The van der Waals surface area contributed by atoms with E-state index in [9.17, 15) is 5.11 Å². The second-order valence-corrected chi connectivity index (χ2v) is 4.42. The summed E-state index contributed by atoms with van der Waals surface area (Å²) in [6.45, 7) is 1.47. The number of fused-ring (bicyclic) bond motifs is 1. The van der Waals surface area contributed by atoms with Gasteiger partial charge in [-0.1, -0.05) is 22.6 Å². The Morgan fingerprint density at radius 2 is 2.40 bits per heavy atom. The van der Waals surface area contributed by atoms with Gasteiger partial charge in [0, 0.05) is 6.54 Å². The number of nitrogens with one attached hydrogen (secondary N) is 1. The van der Waals surface area contributed by atoms with Gasteiger partial charge in [0.2, 0.25) is 0 Å². The standard InChI is InChI=1S/C6H10INO2/c7-3-1-8-5-4(9)2-10-6(3)5/h3-6,8-9H,1-2H2/t3-,4+,5-,6-/m1/s1. The topological polar surface area (TPSA) is 41.5 Å². The Bertz CT molecular complexity index is 128. The highest BCUT2D eigenvalue weighted by atomic mass is 127. The first-order valence-electron chi connectivity index (χ1n) is 3.46. The molecule has 0 spiro atoms. The third-order valence-electron chi connectivity index (χ3n) is 2.13. The number of hydrogen-bond donors (Lipinski definition) is 2. The fraction of sp³-hybridized carbons (Fsp3) is 1.00. The van der Waals surface area contributed by atoms with Crippen molar-refractivity contribution in [3.8, 4) is 0 Å². The van der Waals surface area contributed by atoms with E-state index in [1.165, 1.54) is 0 Å². The summed E-state index contributed by atoms with van der Waals surface area (Å²) in [6, 6.07) is 0.196. The van der Waals surface area contributed by atoms with Crippen molar-refractivity contribution >= 4 is 22.6 Å². The van der Waals surface area contributed by atoms with E-state index in [1.807, 2.05) is 0 Å². The summed E-state index contributed by atoms with van der Waals surface area (Å²) in [4.78, 5) is 0. The van der Waals surface area contributed by atoms with Gasteiger partial charge in [0.1, 0.15) is 0 Å². The van der Waals surface area contributed by atoms with Gasteiger partial charge in [-0.05, 0) is 0 Å². The van der Waals surface area contributed by atoms with E-state index in [-0.39, 0.29) is 18.2 Å². The van der Waals surface area contributed by atoms with Gasteiger partial charge in [0.25, 0.3) is 0 Å². The molecule has 3 nitrogen and oxygen atoms in total. The lowest BCUT2D eigenvalue weighted by molar-refractivity contribution is 0.0914. The van der Waals surface area contributed by atoms with Crippen molar-refractivity contribution in [2.75, 3.05) is 13.2 Å². The van der Waals surface area contributed by atoms with E-state index in [2.05, 4.69) is 27.9 Å². The Morgan fingerprint density at radius 3 is 3.10 bits per heavy atom. The summed E-state index contributed by atoms with van der Waals surface area (Å²) in [5, 5.41) is 12.6. The molecule has 2 rings (SSSR count). The molecular weight excluding hydrogens is 245 g/mol. The summed E-state index contributed by atoms with van der Waals surface area (Å²) in [7, 11) is 0. The van der Waals surface area contributed by atoms with Gasteiger partial charge in [-0.25, -0.2) is 0 Å². The Balaban J connectivity index is 2.09. The maximum absolute atomic E-state index is 9.33. The van der Waals surface area contributed by atoms with Crippen LogP contribution in [0.5, 0.6) is 0 Å². The molecule has 0 aromatic heterocycles. The summed E-state index contributed by atoms with van der Waals surface area (Å²) in [5.74, 6) is 0. The summed E-state index contributed by atoms with van der Waals surface area (Å²) >= 11 is 2.36. The lowest BCUT2D eigenvalue weighted by Gasteiger charge is -2.10. The monoisotopic (exact) mass is 255 g/mol. The molecule has 0 bridgehead atoms. The molecule has 2 fully saturated rings. The highest BCUT2D eigenvalue weighted by Gasteiger charge is 2.44. The third-order valence-corrected chi connectivity index (χ3v) is 3.28. The molecule has 0 radical (unpaired) electrons. The Labute approximate surface area is 73.3 Å². The van der Waals surface area contributed by atoms with Crippen LogP contribution in [-0.2, 0) is 4.74 Å². The van der Waals surface area contributed by atoms with Crippen molar-refractivity contribution in [2.45, 2.75) is 22.2 Å². The maximum Gasteiger partial charge on any atom is 0.0952 e. The normalized spacial score (nSPS) is 53.4. The van der Waals surface area contributed by atoms with E-state index in [0.717, 1.165) is 6.54 Å². The van der Waals surface area contributed by atoms with Crippen LogP contribution in [0.25, 0.3) is 0 Å². The number of hydrogen-bond acceptors (Lipinski definition) is 3. The molecule has 58 valence electrons. The molecule has 2 heterocycles. The molecule has 4 atom stereocenters. The lowest BCUT2D eigenvalue weighted by atomic mass is 10.1. The van der Waals surface area contributed by atoms with Gasteiger partial charge in [-0.15, -0.1) is 0 Å². The molecule has 0 saturated carbocycles. The second-order valence-electron chi connectivity index (χ2n) is 2.82. The van der Waals surface area contributed by atoms with Crippen LogP contribution in [0.2, 0.25) is 0 Å². The number of ether oxygens (including phenoxy) is 1. The van der Waals surface area contributed by atoms with Crippen molar-refractivity contribution in [3.05, 3.63) is 0 Å². The van der Waals surface area contributed by atoms with Crippen LogP contribution >= 0.6 is 22.6 Å². The van der Waals surface area contributed by atoms with Gasteiger partial charge in [0.05, 0.1) is 28.8 Å². The zero-order chi connectivity index (χ0) is 7.14. The second kappa shape index (κ2) is 2.58. The molecule has 0 aliphatic carbocycles. The fourth-order valence-corrected chi connectivity index (χ4v) is 2.49. The van der Waals surface area contributed by atoms with Crippen molar-refractivity contribution in [2.24, 2.45) is 0 Å². The SMILES string of the molecule is O[C@H]1CO[C@H]2[C@@H]1NC[C@H]2I. The summed E-state index contributed by atoms with van der Waals surface area (Å²) in [5.41, 5.74) is 0. The molecule has 2 N–H and O–H groups in total. The Morgan fingerprint density at radius 1 is 1.60 bits per heavy atom. The van der Waals surface area contributed by atoms with Crippen LogP contribution in [0.4, 0.5) is 0 Å². The van der Waals surface area contributed by atoms with Crippen molar-refractivity contribution in [1.82, 2.24) is 5.32 Å². The van der Waals surface area contributed by atoms with Crippen LogP contribution in [0.15, 0.2) is 0 Å². The molecule has 2 aliphatic heterocycles. The lowest BCUT2D eigenvalue weighted by Crippen LogP contribution is -2.36. The number of aliphatic hydroxyl groups excluding tert-OH is 1. The molecule has 2 aliphatic rings. The minimum absolute atomic E-state index is 0.196. The summed E-state index contributed by atoms with van der Waals surface area (Å²) < 4.78 is 5.91. The first kappa shape index (κ1) is 7.27. The van der Waals surface area contributed by atoms with Crippen LogP contribution in [-0.4, -0.2) is 40.4 Å². The van der Waals surface area contributed by atoms with Crippen LogP contribution in [0.1, 0.15) is 0 Å². The summed E-state index contributed by atoms with van der Waals surface area (Å²) in [6.07, 6.45) is -0.0413. The molecule has 10 heavy (non-hydrogen) atoms. The highest BCUT2D eigenvalue weighted by molar-refractivity contribution is 14.1. The van der Waals surface area contributed by atoms with Crippen LogP contribution < -0.4 is 5.32 Å². The van der Waals surface area contributed by atoms with Gasteiger partial charge < -0.3 is 15.2 Å². The van der Waals surface area contributed by atoms with Crippen molar-refractivity contribution in [3.63, 3.8) is 0 Å². The molecule has 2 saturated heterocycles. The van der Waals surface area contributed by atoms with Crippen molar-refractivity contribution in [1.29, 1.82) is 0 Å². The fourth-order valence-electron chi connectivity index (χ4n) is 1.58. The first-order chi connectivity index (χ1) is 4.79. The Hall–Kier alpha value is 0.610. The third kappa shape index (κ3) is 0.975. The van der Waals surface area contributed by atoms with E-state index in [4.69, 9.17) is 4.74 Å². The molecule has 0 aromatic carbocycles. The number of aliphatic hydroxyl groups is 1. The largest absolute Gasteiger partial charge is 0.389 e. The minimum Gasteiger partial charge on any atom is -0.389 e. The molecule has 4 heteroatoms. The Kier molecular flexibility index (Phi) is 1.88. The van der Waals surface area contributed by atoms with Crippen molar-refractivity contribution < 1.29 is 9.84 Å². The van der Waals surface area contributed by atoms with E-state index >= 15 is 0 Å². The van der Waals surface area contributed by atoms with E-state index in [0.29, 0.717) is 10.5 Å². The van der Waals surface area contributed by atoms with E-state index in [1.54, 1.807) is 0 Å². The number of rotatable bonds is 0. The number of halogens is 1. The van der Waals surface area contributed by atoms with Gasteiger partial charge in [0.15, 0.2) is 0 Å². The molecule has 0 amide bonds. The van der Waals surface area contributed by atoms with Crippen LogP contribution in [0.3, 0.4) is 0 Å². The van der Waals surface area contributed by atoms with Gasteiger partial charge in [-0.2, -0.15) is 0 Å². The predicted octanol–water partition coefficient (Wildman–Crippen LogP) is -0.478. The molecule has 0 aromatic rings. The molecule has 0 unspecified atom stereocenters. The average Bonchev–Trinajstić information content (AvgIpc) is 2.41. The van der Waals surface area contributed by atoms with Gasteiger partial charge in [-0.3, -0.25) is 0 Å². The first-order valence-corrected chi connectivity index (χ1v) is 4.71. The maximum atomic E-state index is 9.33. The minimum atomic E-state index is -0.287. The zero-order valence-electron chi connectivity index (χ0n) is 5.46. The number of alkyl halides is 1.